The number of thioether (sulfide) groups is 1. The normalized spacial score (nSPS) is 15.0. The van der Waals surface area contributed by atoms with Crippen LogP contribution in [0.25, 0.3) is 0 Å². The number of fused-ring (bicyclic) bond motifs is 1. The quantitative estimate of drug-likeness (QED) is 0.855. The number of carbonyl (C=O) groups is 1. The van der Waals surface area contributed by atoms with Crippen molar-refractivity contribution in [1.29, 1.82) is 0 Å². The highest BCUT2D eigenvalue weighted by Crippen LogP contribution is 2.26. The summed E-state index contributed by atoms with van der Waals surface area (Å²) in [6, 6.07) is 3.57. The van der Waals surface area contributed by atoms with E-state index in [-0.39, 0.29) is 35.3 Å². The first-order valence-electron chi connectivity index (χ1n) is 7.48. The molecule has 0 fully saturated rings. The number of halogens is 2. The molecule has 0 radical (unpaired) electrons. The van der Waals surface area contributed by atoms with Gasteiger partial charge in [0.05, 0.1) is 10.9 Å². The zero-order chi connectivity index (χ0) is 15.4. The van der Waals surface area contributed by atoms with Gasteiger partial charge in [0.1, 0.15) is 5.82 Å². The summed E-state index contributed by atoms with van der Waals surface area (Å²) in [7, 11) is 0. The van der Waals surface area contributed by atoms with E-state index < -0.39 is 0 Å². The Morgan fingerprint density at radius 3 is 2.82 bits per heavy atom. The highest BCUT2D eigenvalue weighted by molar-refractivity contribution is 8.00. The third-order valence-corrected chi connectivity index (χ3v) is 5.13. The summed E-state index contributed by atoms with van der Waals surface area (Å²) in [5.41, 5.74) is 2.03. The van der Waals surface area contributed by atoms with Crippen molar-refractivity contribution >= 4 is 35.8 Å². The van der Waals surface area contributed by atoms with Gasteiger partial charge < -0.3 is 10.6 Å². The van der Waals surface area contributed by atoms with Crippen molar-refractivity contribution in [3.05, 3.63) is 29.1 Å². The predicted octanol–water partition coefficient (Wildman–Crippen LogP) is 3.61. The second-order valence-corrected chi connectivity index (χ2v) is 7.02. The molecule has 1 amide bonds. The van der Waals surface area contributed by atoms with Crippen molar-refractivity contribution in [2.24, 2.45) is 5.92 Å². The van der Waals surface area contributed by atoms with Gasteiger partial charge in [-0.1, -0.05) is 26.8 Å². The first-order valence-corrected chi connectivity index (χ1v) is 8.52. The van der Waals surface area contributed by atoms with Crippen molar-refractivity contribution in [1.82, 2.24) is 5.32 Å². The molecule has 1 aromatic rings. The highest BCUT2D eigenvalue weighted by atomic mass is 35.5. The molecule has 2 rings (SSSR count). The number of carbonyl (C=O) groups excluding carboxylic acids is 1. The summed E-state index contributed by atoms with van der Waals surface area (Å²) >= 11 is 1.60. The maximum atomic E-state index is 14.5. The molecule has 0 saturated carbocycles. The van der Waals surface area contributed by atoms with Gasteiger partial charge in [-0.15, -0.1) is 24.2 Å². The Morgan fingerprint density at radius 2 is 2.18 bits per heavy atom. The Kier molecular flexibility index (Phi) is 7.66. The molecule has 0 aromatic heterocycles. The number of benzene rings is 1. The van der Waals surface area contributed by atoms with Gasteiger partial charge in [0.15, 0.2) is 0 Å². The van der Waals surface area contributed by atoms with Gasteiger partial charge in [-0.25, -0.2) is 4.39 Å². The fourth-order valence-electron chi connectivity index (χ4n) is 2.58. The standard InChI is InChI=1S/C16H23FN2OS.ClH/c1-4-21-15(10(2)3)16(20)19-13-6-5-11-9-18-8-7-12(11)14(13)17;/h5-6,10,15,18H,4,7-9H2,1-3H3,(H,19,20);1H. The van der Waals surface area contributed by atoms with Crippen LogP contribution >= 0.6 is 24.2 Å². The molecule has 2 N–H and O–H groups in total. The van der Waals surface area contributed by atoms with E-state index in [0.717, 1.165) is 23.4 Å². The molecule has 1 unspecified atom stereocenters. The molecule has 1 heterocycles. The largest absolute Gasteiger partial charge is 0.323 e. The molecule has 0 saturated heterocycles. The second kappa shape index (κ2) is 8.75. The maximum absolute atomic E-state index is 14.5. The van der Waals surface area contributed by atoms with Crippen molar-refractivity contribution < 1.29 is 9.18 Å². The van der Waals surface area contributed by atoms with E-state index in [1.165, 1.54) is 0 Å². The highest BCUT2D eigenvalue weighted by Gasteiger charge is 2.24. The summed E-state index contributed by atoms with van der Waals surface area (Å²) in [5, 5.41) is 5.85. The van der Waals surface area contributed by atoms with Crippen LogP contribution in [0.3, 0.4) is 0 Å². The van der Waals surface area contributed by atoms with Crippen LogP contribution < -0.4 is 10.6 Å². The Balaban J connectivity index is 0.00000242. The van der Waals surface area contributed by atoms with Crippen LogP contribution in [-0.2, 0) is 17.8 Å². The van der Waals surface area contributed by atoms with E-state index in [4.69, 9.17) is 0 Å². The topological polar surface area (TPSA) is 41.1 Å². The Labute approximate surface area is 142 Å². The summed E-state index contributed by atoms with van der Waals surface area (Å²) in [6.45, 7) is 7.53. The number of nitrogens with one attached hydrogen (secondary N) is 2. The second-order valence-electron chi connectivity index (χ2n) is 5.60. The minimum absolute atomic E-state index is 0. The van der Waals surface area contributed by atoms with Crippen LogP contribution in [0.15, 0.2) is 12.1 Å². The van der Waals surface area contributed by atoms with E-state index in [1.54, 1.807) is 17.8 Å². The predicted molar refractivity (Wildman–Crippen MR) is 94.4 cm³/mol. The average Bonchev–Trinajstić information content (AvgIpc) is 2.47. The molecular formula is C16H24ClFN2OS. The Morgan fingerprint density at radius 1 is 1.45 bits per heavy atom. The molecule has 22 heavy (non-hydrogen) atoms. The molecule has 1 aliphatic rings. The Bertz CT molecular complexity index is 525. The van der Waals surface area contributed by atoms with Crippen molar-refractivity contribution in [2.45, 2.75) is 39.0 Å². The monoisotopic (exact) mass is 346 g/mol. The van der Waals surface area contributed by atoms with Gasteiger partial charge in [-0.05, 0) is 41.8 Å². The van der Waals surface area contributed by atoms with Crippen molar-refractivity contribution in [3.8, 4) is 0 Å². The molecule has 0 aliphatic carbocycles. The zero-order valence-corrected chi connectivity index (χ0v) is 14.9. The van der Waals surface area contributed by atoms with Crippen LogP contribution in [0, 0.1) is 11.7 Å². The summed E-state index contributed by atoms with van der Waals surface area (Å²) in [4.78, 5) is 12.4. The van der Waals surface area contributed by atoms with Crippen LogP contribution in [-0.4, -0.2) is 23.5 Å². The number of hydrogen-bond donors (Lipinski definition) is 2. The lowest BCUT2D eigenvalue weighted by Gasteiger charge is -2.22. The van der Waals surface area contributed by atoms with Gasteiger partial charge in [0.2, 0.25) is 5.91 Å². The lowest BCUT2D eigenvalue weighted by atomic mass is 9.99. The molecule has 1 aliphatic heterocycles. The van der Waals surface area contributed by atoms with E-state index in [9.17, 15) is 9.18 Å². The fraction of sp³-hybridized carbons (Fsp3) is 0.562. The number of amides is 1. The molecular weight excluding hydrogens is 323 g/mol. The molecule has 0 spiro atoms. The van der Waals surface area contributed by atoms with E-state index in [0.29, 0.717) is 18.7 Å². The number of anilines is 1. The number of rotatable bonds is 5. The maximum Gasteiger partial charge on any atom is 0.237 e. The minimum Gasteiger partial charge on any atom is -0.323 e. The lowest BCUT2D eigenvalue weighted by molar-refractivity contribution is -0.116. The van der Waals surface area contributed by atoms with Crippen LogP contribution in [0.1, 0.15) is 31.9 Å². The summed E-state index contributed by atoms with van der Waals surface area (Å²) in [6.07, 6.45) is 0.669. The van der Waals surface area contributed by atoms with Crippen LogP contribution in [0.4, 0.5) is 10.1 Å². The third-order valence-electron chi connectivity index (χ3n) is 3.68. The average molecular weight is 347 g/mol. The van der Waals surface area contributed by atoms with Crippen molar-refractivity contribution in [3.63, 3.8) is 0 Å². The van der Waals surface area contributed by atoms with Crippen molar-refractivity contribution in [2.75, 3.05) is 17.6 Å². The fourth-order valence-corrected chi connectivity index (χ4v) is 3.54. The smallest absolute Gasteiger partial charge is 0.237 e. The van der Waals surface area contributed by atoms with Crippen LogP contribution in [0.5, 0.6) is 0 Å². The van der Waals surface area contributed by atoms with Gasteiger partial charge in [-0.2, -0.15) is 0 Å². The van der Waals surface area contributed by atoms with E-state index >= 15 is 0 Å². The SMILES string of the molecule is CCSC(C(=O)Nc1ccc2c(c1F)CCNC2)C(C)C.Cl. The Hall–Kier alpha value is -0.780. The zero-order valence-electron chi connectivity index (χ0n) is 13.2. The van der Waals surface area contributed by atoms with Gasteiger partial charge in [0.25, 0.3) is 0 Å². The lowest BCUT2D eigenvalue weighted by Crippen LogP contribution is -2.31. The third kappa shape index (κ3) is 4.37. The van der Waals surface area contributed by atoms with E-state index in [2.05, 4.69) is 10.6 Å². The molecule has 0 bridgehead atoms. The first kappa shape index (κ1) is 19.3. The van der Waals surface area contributed by atoms with E-state index in [1.807, 2.05) is 26.8 Å². The van der Waals surface area contributed by atoms with Crippen LogP contribution in [0.2, 0.25) is 0 Å². The molecule has 124 valence electrons. The van der Waals surface area contributed by atoms with Gasteiger partial charge >= 0.3 is 0 Å². The molecule has 3 nitrogen and oxygen atoms in total. The minimum atomic E-state index is -0.272. The number of hydrogen-bond acceptors (Lipinski definition) is 3. The molecule has 1 atom stereocenters. The molecule has 1 aromatic carbocycles. The summed E-state index contributed by atoms with van der Waals surface area (Å²) in [5.74, 6) is 0.713. The van der Waals surface area contributed by atoms with Gasteiger partial charge in [-0.3, -0.25) is 4.79 Å². The molecule has 6 heteroatoms. The summed E-state index contributed by atoms with van der Waals surface area (Å²) < 4.78 is 14.5. The first-order chi connectivity index (χ1) is 10.0. The van der Waals surface area contributed by atoms with Gasteiger partial charge in [0, 0.05) is 6.54 Å².